The number of ether oxygens (including phenoxy) is 2. The molecule has 0 amide bonds. The number of aryl methyl sites for hydroxylation is 1. The van der Waals surface area contributed by atoms with E-state index in [-0.39, 0.29) is 0 Å². The smallest absolute Gasteiger partial charge is 0.164 e. The zero-order valence-corrected chi connectivity index (χ0v) is 17.5. The first-order valence-corrected chi connectivity index (χ1v) is 10.6. The van der Waals surface area contributed by atoms with Crippen LogP contribution >= 0.6 is 0 Å². The topological polar surface area (TPSA) is 46.9 Å². The van der Waals surface area contributed by atoms with E-state index in [9.17, 15) is 4.79 Å². The van der Waals surface area contributed by atoms with Crippen LogP contribution in [0.1, 0.15) is 35.3 Å². The van der Waals surface area contributed by atoms with Gasteiger partial charge in [0.05, 0.1) is 14.2 Å². The Bertz CT molecular complexity index is 853. The summed E-state index contributed by atoms with van der Waals surface area (Å²) in [6, 6.07) is 8.15. The van der Waals surface area contributed by atoms with E-state index in [2.05, 4.69) is 32.7 Å². The number of rotatable bonds is 7. The van der Waals surface area contributed by atoms with Crippen molar-refractivity contribution >= 4 is 11.5 Å². The molecule has 1 aromatic heterocycles. The number of hydrogen-bond donors (Lipinski definition) is 0. The van der Waals surface area contributed by atoms with E-state index >= 15 is 0 Å². The summed E-state index contributed by atoms with van der Waals surface area (Å²) in [5.41, 5.74) is 3.39. The number of piperazine rings is 1. The summed E-state index contributed by atoms with van der Waals surface area (Å²) < 4.78 is 13.1. The zero-order chi connectivity index (χ0) is 20.2. The Labute approximate surface area is 173 Å². The van der Waals surface area contributed by atoms with Crippen molar-refractivity contribution in [3.05, 3.63) is 41.7 Å². The largest absolute Gasteiger partial charge is 0.493 e. The van der Waals surface area contributed by atoms with Crippen molar-refractivity contribution in [3.63, 3.8) is 0 Å². The predicted octanol–water partition coefficient (Wildman–Crippen LogP) is 3.24. The normalized spacial score (nSPS) is 17.3. The van der Waals surface area contributed by atoms with E-state index in [0.29, 0.717) is 12.2 Å². The van der Waals surface area contributed by atoms with E-state index in [1.165, 1.54) is 11.4 Å². The second kappa shape index (κ2) is 8.91. The van der Waals surface area contributed by atoms with Crippen LogP contribution in [-0.4, -0.2) is 62.2 Å². The lowest BCUT2D eigenvalue weighted by molar-refractivity contribution is 0.0971. The first kappa shape index (κ1) is 19.8. The summed E-state index contributed by atoms with van der Waals surface area (Å²) in [5, 5.41) is 0. The number of fused-ring (bicyclic) bond motifs is 1. The van der Waals surface area contributed by atoms with Gasteiger partial charge in [0, 0.05) is 68.4 Å². The third-order valence-electron chi connectivity index (χ3n) is 6.17. The Balaban J connectivity index is 1.26. The number of ketones is 1. The molecule has 0 spiro atoms. The molecule has 0 saturated carbocycles. The van der Waals surface area contributed by atoms with E-state index in [1.54, 1.807) is 14.2 Å². The van der Waals surface area contributed by atoms with Crippen LogP contribution in [0.3, 0.4) is 0 Å². The van der Waals surface area contributed by atoms with E-state index < -0.39 is 0 Å². The maximum Gasteiger partial charge on any atom is 0.164 e. The second-order valence-corrected chi connectivity index (χ2v) is 7.87. The van der Waals surface area contributed by atoms with E-state index in [4.69, 9.17) is 9.47 Å². The molecule has 0 N–H and O–H groups in total. The number of hydrogen-bond acceptors (Lipinski definition) is 5. The average Bonchev–Trinajstić information content (AvgIpc) is 3.18. The molecule has 1 fully saturated rings. The number of aromatic nitrogens is 1. The molecule has 4 rings (SSSR count). The number of carbonyl (C=O) groups is 1. The minimum Gasteiger partial charge on any atom is -0.493 e. The fourth-order valence-electron chi connectivity index (χ4n) is 4.51. The van der Waals surface area contributed by atoms with Gasteiger partial charge in [-0.05, 0) is 44.0 Å². The summed E-state index contributed by atoms with van der Waals surface area (Å²) in [6.07, 6.45) is 5.96. The van der Waals surface area contributed by atoms with Gasteiger partial charge >= 0.3 is 0 Å². The summed E-state index contributed by atoms with van der Waals surface area (Å²) in [5.74, 6) is 1.86. The van der Waals surface area contributed by atoms with Gasteiger partial charge in [-0.1, -0.05) is 0 Å². The maximum absolute atomic E-state index is 12.0. The van der Waals surface area contributed by atoms with Crippen molar-refractivity contribution < 1.29 is 14.3 Å². The van der Waals surface area contributed by atoms with Crippen LogP contribution in [0.25, 0.3) is 0 Å². The lowest BCUT2D eigenvalue weighted by Gasteiger charge is -2.36. The standard InChI is InChI=1S/C23H31N3O3/c1-28-22-8-7-18(17-23(22)29-2)25-15-13-24(14-16-25)10-4-11-26-12-9-19-20(26)5-3-6-21(19)27/h7-9,12,17H,3-6,10-11,13-16H2,1-2H3. The molecule has 0 radical (unpaired) electrons. The van der Waals surface area contributed by atoms with Gasteiger partial charge in [0.2, 0.25) is 0 Å². The van der Waals surface area contributed by atoms with Crippen LogP contribution in [0.15, 0.2) is 30.5 Å². The molecule has 0 unspecified atom stereocenters. The predicted molar refractivity (Wildman–Crippen MR) is 115 cm³/mol. The minimum atomic E-state index is 0.316. The molecule has 2 aromatic rings. The van der Waals surface area contributed by atoms with Crippen LogP contribution in [0.4, 0.5) is 5.69 Å². The van der Waals surface area contributed by atoms with Crippen molar-refractivity contribution in [2.75, 3.05) is 51.8 Å². The highest BCUT2D eigenvalue weighted by atomic mass is 16.5. The molecular formula is C23H31N3O3. The van der Waals surface area contributed by atoms with Crippen LogP contribution in [0.2, 0.25) is 0 Å². The SMILES string of the molecule is COc1ccc(N2CCN(CCCn3ccc4c3CCCC4=O)CC2)cc1OC. The Morgan fingerprint density at radius 3 is 2.48 bits per heavy atom. The zero-order valence-electron chi connectivity index (χ0n) is 17.5. The molecule has 6 nitrogen and oxygen atoms in total. The molecule has 1 aliphatic heterocycles. The quantitative estimate of drug-likeness (QED) is 0.718. The molecule has 29 heavy (non-hydrogen) atoms. The monoisotopic (exact) mass is 397 g/mol. The number of methoxy groups -OCH3 is 2. The van der Waals surface area contributed by atoms with Gasteiger partial charge in [-0.2, -0.15) is 0 Å². The molecule has 6 heteroatoms. The summed E-state index contributed by atoms with van der Waals surface area (Å²) in [4.78, 5) is 17.0. The highest BCUT2D eigenvalue weighted by molar-refractivity contribution is 5.98. The van der Waals surface area contributed by atoms with Crippen molar-refractivity contribution in [1.29, 1.82) is 0 Å². The first-order chi connectivity index (χ1) is 14.2. The van der Waals surface area contributed by atoms with Crippen molar-refractivity contribution in [2.45, 2.75) is 32.2 Å². The minimum absolute atomic E-state index is 0.316. The Kier molecular flexibility index (Phi) is 6.09. The highest BCUT2D eigenvalue weighted by Gasteiger charge is 2.21. The Hall–Kier alpha value is -2.47. The number of Topliss-reactive ketones (excluding diaryl/α,β-unsaturated/α-hetero) is 1. The van der Waals surface area contributed by atoms with Crippen molar-refractivity contribution in [1.82, 2.24) is 9.47 Å². The summed E-state index contributed by atoms with van der Waals surface area (Å²) in [6.45, 7) is 6.26. The third-order valence-corrected chi connectivity index (χ3v) is 6.17. The molecule has 1 aromatic carbocycles. The van der Waals surface area contributed by atoms with E-state index in [0.717, 1.165) is 75.6 Å². The number of nitrogens with zero attached hydrogens (tertiary/aromatic N) is 3. The van der Waals surface area contributed by atoms with Crippen LogP contribution in [0.5, 0.6) is 11.5 Å². The molecule has 0 bridgehead atoms. The number of carbonyl (C=O) groups excluding carboxylic acids is 1. The van der Waals surface area contributed by atoms with Gasteiger partial charge in [-0.15, -0.1) is 0 Å². The van der Waals surface area contributed by atoms with Crippen LogP contribution < -0.4 is 14.4 Å². The van der Waals surface area contributed by atoms with Crippen molar-refractivity contribution in [2.24, 2.45) is 0 Å². The van der Waals surface area contributed by atoms with Gasteiger partial charge in [-0.25, -0.2) is 0 Å². The fraction of sp³-hybridized carbons (Fsp3) is 0.522. The Morgan fingerprint density at radius 1 is 0.931 bits per heavy atom. The molecule has 2 aliphatic rings. The second-order valence-electron chi connectivity index (χ2n) is 7.87. The number of anilines is 1. The van der Waals surface area contributed by atoms with Gasteiger partial charge in [0.1, 0.15) is 0 Å². The molecule has 2 heterocycles. The fourth-order valence-corrected chi connectivity index (χ4v) is 4.51. The van der Waals surface area contributed by atoms with Gasteiger partial charge in [0.15, 0.2) is 17.3 Å². The highest BCUT2D eigenvalue weighted by Crippen LogP contribution is 2.32. The summed E-state index contributed by atoms with van der Waals surface area (Å²) >= 11 is 0. The lowest BCUT2D eigenvalue weighted by atomic mass is 9.97. The third kappa shape index (κ3) is 4.27. The maximum atomic E-state index is 12.0. The molecular weight excluding hydrogens is 366 g/mol. The molecule has 0 atom stereocenters. The molecule has 1 aliphatic carbocycles. The van der Waals surface area contributed by atoms with Crippen molar-refractivity contribution in [3.8, 4) is 11.5 Å². The summed E-state index contributed by atoms with van der Waals surface area (Å²) in [7, 11) is 3.34. The Morgan fingerprint density at radius 2 is 1.72 bits per heavy atom. The average molecular weight is 398 g/mol. The molecule has 156 valence electrons. The number of benzene rings is 1. The van der Waals surface area contributed by atoms with Crippen LogP contribution in [0, 0.1) is 0 Å². The first-order valence-electron chi connectivity index (χ1n) is 10.6. The van der Waals surface area contributed by atoms with E-state index in [1.807, 2.05) is 12.1 Å². The van der Waals surface area contributed by atoms with Gasteiger partial charge in [0.25, 0.3) is 0 Å². The molecule has 1 saturated heterocycles. The van der Waals surface area contributed by atoms with Gasteiger partial charge in [-0.3, -0.25) is 9.69 Å². The lowest BCUT2D eigenvalue weighted by Crippen LogP contribution is -2.46. The van der Waals surface area contributed by atoms with Crippen LogP contribution in [-0.2, 0) is 13.0 Å². The van der Waals surface area contributed by atoms with Gasteiger partial charge < -0.3 is 18.9 Å².